The Morgan fingerprint density at radius 2 is 2.24 bits per heavy atom. The van der Waals surface area contributed by atoms with Crippen molar-refractivity contribution in [1.82, 2.24) is 15.0 Å². The zero-order chi connectivity index (χ0) is 12.4. The molecule has 0 aliphatic heterocycles. The zero-order valence-corrected chi connectivity index (χ0v) is 9.89. The highest BCUT2D eigenvalue weighted by molar-refractivity contribution is 5.26. The van der Waals surface area contributed by atoms with Crippen molar-refractivity contribution in [2.75, 3.05) is 0 Å². The summed E-state index contributed by atoms with van der Waals surface area (Å²) >= 11 is 0. The van der Waals surface area contributed by atoms with Crippen LogP contribution in [0.15, 0.2) is 24.4 Å². The van der Waals surface area contributed by atoms with Crippen LogP contribution in [-0.2, 0) is 6.54 Å². The van der Waals surface area contributed by atoms with Gasteiger partial charge in [-0.25, -0.2) is 9.07 Å². The highest BCUT2D eigenvalue weighted by Crippen LogP contribution is 2.12. The van der Waals surface area contributed by atoms with E-state index in [4.69, 9.17) is 5.73 Å². The summed E-state index contributed by atoms with van der Waals surface area (Å²) < 4.78 is 14.8. The van der Waals surface area contributed by atoms with E-state index >= 15 is 0 Å². The molecule has 1 heterocycles. The van der Waals surface area contributed by atoms with E-state index < -0.39 is 0 Å². The van der Waals surface area contributed by atoms with Crippen LogP contribution in [-0.4, -0.2) is 15.0 Å². The third kappa shape index (κ3) is 2.68. The lowest BCUT2D eigenvalue weighted by molar-refractivity contribution is 0.612. The molecular weight excluding hydrogens is 219 g/mol. The molecule has 0 saturated carbocycles. The van der Waals surface area contributed by atoms with Crippen LogP contribution in [0.3, 0.4) is 0 Å². The minimum atomic E-state index is -0.238. The Bertz CT molecular complexity index is 519. The van der Waals surface area contributed by atoms with E-state index in [1.165, 1.54) is 12.1 Å². The van der Waals surface area contributed by atoms with Gasteiger partial charge in [-0.05, 0) is 37.1 Å². The Morgan fingerprint density at radius 3 is 2.88 bits per heavy atom. The number of halogens is 1. The van der Waals surface area contributed by atoms with E-state index in [0.717, 1.165) is 16.8 Å². The predicted octanol–water partition coefficient (Wildman–Crippen LogP) is 1.79. The number of nitrogens with two attached hydrogens (primary N) is 1. The second-order valence-electron chi connectivity index (χ2n) is 4.20. The summed E-state index contributed by atoms with van der Waals surface area (Å²) in [6.07, 6.45) is 1.79. The molecule has 90 valence electrons. The Morgan fingerprint density at radius 1 is 1.47 bits per heavy atom. The first-order chi connectivity index (χ1) is 8.06. The molecule has 1 atom stereocenters. The van der Waals surface area contributed by atoms with Gasteiger partial charge in [-0.15, -0.1) is 5.10 Å². The monoisotopic (exact) mass is 234 g/mol. The number of aryl methyl sites for hydroxylation is 1. The fourth-order valence-corrected chi connectivity index (χ4v) is 1.58. The molecule has 0 spiro atoms. The number of nitrogens with zero attached hydrogens (tertiary/aromatic N) is 3. The third-order valence-corrected chi connectivity index (χ3v) is 2.67. The van der Waals surface area contributed by atoms with Crippen molar-refractivity contribution in [2.45, 2.75) is 26.4 Å². The van der Waals surface area contributed by atoms with Crippen molar-refractivity contribution in [3.63, 3.8) is 0 Å². The molecule has 0 saturated heterocycles. The van der Waals surface area contributed by atoms with E-state index in [9.17, 15) is 4.39 Å². The Hall–Kier alpha value is -1.75. The van der Waals surface area contributed by atoms with Gasteiger partial charge < -0.3 is 5.73 Å². The smallest absolute Gasteiger partial charge is 0.123 e. The average molecular weight is 234 g/mol. The summed E-state index contributed by atoms with van der Waals surface area (Å²) in [5.74, 6) is -0.238. The summed E-state index contributed by atoms with van der Waals surface area (Å²) in [5.41, 5.74) is 8.36. The maximum atomic E-state index is 13.1. The fraction of sp³-hybridized carbons (Fsp3) is 0.333. The zero-order valence-electron chi connectivity index (χ0n) is 9.89. The molecule has 0 amide bonds. The number of rotatable bonds is 3. The van der Waals surface area contributed by atoms with E-state index in [1.54, 1.807) is 16.9 Å². The van der Waals surface area contributed by atoms with Gasteiger partial charge in [-0.1, -0.05) is 11.3 Å². The molecule has 0 fully saturated rings. The Labute approximate surface area is 99.2 Å². The van der Waals surface area contributed by atoms with Gasteiger partial charge in [0.25, 0.3) is 0 Å². The molecule has 1 aromatic heterocycles. The summed E-state index contributed by atoms with van der Waals surface area (Å²) in [4.78, 5) is 0. The van der Waals surface area contributed by atoms with Crippen LogP contribution in [0, 0.1) is 12.7 Å². The predicted molar refractivity (Wildman–Crippen MR) is 62.9 cm³/mol. The van der Waals surface area contributed by atoms with Crippen molar-refractivity contribution in [3.05, 3.63) is 47.0 Å². The minimum absolute atomic E-state index is 0.141. The second-order valence-corrected chi connectivity index (χ2v) is 4.20. The molecule has 4 nitrogen and oxygen atoms in total. The molecule has 2 aromatic rings. The molecule has 0 radical (unpaired) electrons. The van der Waals surface area contributed by atoms with Crippen LogP contribution < -0.4 is 5.73 Å². The summed E-state index contributed by atoms with van der Waals surface area (Å²) in [5, 5.41) is 7.93. The van der Waals surface area contributed by atoms with Gasteiger partial charge in [0, 0.05) is 6.04 Å². The number of hydrogen-bond donors (Lipinski definition) is 1. The van der Waals surface area contributed by atoms with Gasteiger partial charge in [0.15, 0.2) is 0 Å². The van der Waals surface area contributed by atoms with Gasteiger partial charge in [0.1, 0.15) is 5.82 Å². The van der Waals surface area contributed by atoms with E-state index in [1.807, 2.05) is 13.8 Å². The van der Waals surface area contributed by atoms with E-state index in [0.29, 0.717) is 6.54 Å². The van der Waals surface area contributed by atoms with Crippen LogP contribution >= 0.6 is 0 Å². The highest BCUT2D eigenvalue weighted by Gasteiger charge is 2.07. The molecule has 0 aliphatic rings. The maximum Gasteiger partial charge on any atom is 0.123 e. The first-order valence-electron chi connectivity index (χ1n) is 5.47. The minimum Gasteiger partial charge on any atom is -0.323 e. The molecular formula is C12H15FN4. The SMILES string of the molecule is Cc1ccc(F)cc1Cn1cc(C(C)N)nn1. The quantitative estimate of drug-likeness (QED) is 0.880. The van der Waals surface area contributed by atoms with Crippen LogP contribution in [0.2, 0.25) is 0 Å². The molecule has 0 bridgehead atoms. The van der Waals surface area contributed by atoms with Crippen molar-refractivity contribution in [1.29, 1.82) is 0 Å². The Balaban J connectivity index is 2.22. The van der Waals surface area contributed by atoms with Crippen LogP contribution in [0.1, 0.15) is 29.8 Å². The molecule has 5 heteroatoms. The topological polar surface area (TPSA) is 56.7 Å². The van der Waals surface area contributed by atoms with E-state index in [-0.39, 0.29) is 11.9 Å². The van der Waals surface area contributed by atoms with Crippen LogP contribution in [0.25, 0.3) is 0 Å². The van der Waals surface area contributed by atoms with Crippen LogP contribution in [0.5, 0.6) is 0 Å². The normalized spacial score (nSPS) is 12.7. The summed E-state index contributed by atoms with van der Waals surface area (Å²) in [6.45, 7) is 4.29. The number of hydrogen-bond acceptors (Lipinski definition) is 3. The van der Waals surface area contributed by atoms with Gasteiger partial charge in [-0.3, -0.25) is 0 Å². The first-order valence-corrected chi connectivity index (χ1v) is 5.47. The lowest BCUT2D eigenvalue weighted by Crippen LogP contribution is -2.05. The van der Waals surface area contributed by atoms with Gasteiger partial charge in [0.05, 0.1) is 18.4 Å². The second kappa shape index (κ2) is 4.63. The molecule has 0 aliphatic carbocycles. The summed E-state index contributed by atoms with van der Waals surface area (Å²) in [7, 11) is 0. The molecule has 1 unspecified atom stereocenters. The average Bonchev–Trinajstić information content (AvgIpc) is 2.72. The van der Waals surface area contributed by atoms with Crippen molar-refractivity contribution in [3.8, 4) is 0 Å². The van der Waals surface area contributed by atoms with Crippen molar-refractivity contribution < 1.29 is 4.39 Å². The van der Waals surface area contributed by atoms with Gasteiger partial charge in [-0.2, -0.15) is 0 Å². The van der Waals surface area contributed by atoms with Crippen molar-refractivity contribution >= 4 is 0 Å². The molecule has 2 rings (SSSR count). The number of benzene rings is 1. The Kier molecular flexibility index (Phi) is 3.19. The molecule has 1 aromatic carbocycles. The van der Waals surface area contributed by atoms with Gasteiger partial charge in [0.2, 0.25) is 0 Å². The standard InChI is InChI=1S/C12H15FN4/c1-8-3-4-11(13)5-10(8)6-17-7-12(9(2)14)15-16-17/h3-5,7,9H,6,14H2,1-2H3. The van der Waals surface area contributed by atoms with Gasteiger partial charge >= 0.3 is 0 Å². The van der Waals surface area contributed by atoms with Crippen molar-refractivity contribution in [2.24, 2.45) is 5.73 Å². The molecule has 17 heavy (non-hydrogen) atoms. The largest absolute Gasteiger partial charge is 0.323 e. The fourth-order valence-electron chi connectivity index (χ4n) is 1.58. The highest BCUT2D eigenvalue weighted by atomic mass is 19.1. The lowest BCUT2D eigenvalue weighted by Gasteiger charge is -2.05. The summed E-state index contributed by atoms with van der Waals surface area (Å²) in [6, 6.07) is 4.59. The lowest BCUT2D eigenvalue weighted by atomic mass is 10.1. The number of aromatic nitrogens is 3. The third-order valence-electron chi connectivity index (χ3n) is 2.67. The van der Waals surface area contributed by atoms with Crippen LogP contribution in [0.4, 0.5) is 4.39 Å². The van der Waals surface area contributed by atoms with E-state index in [2.05, 4.69) is 10.3 Å². The molecule has 2 N–H and O–H groups in total. The maximum absolute atomic E-state index is 13.1. The first kappa shape index (κ1) is 11.7.